The highest BCUT2D eigenvalue weighted by molar-refractivity contribution is 9.10. The van der Waals surface area contributed by atoms with Crippen LogP contribution < -0.4 is 5.32 Å². The number of carbonyl (C=O) groups is 2. The summed E-state index contributed by atoms with van der Waals surface area (Å²) in [5.41, 5.74) is 1.45. The van der Waals surface area contributed by atoms with E-state index in [1.165, 1.54) is 0 Å². The van der Waals surface area contributed by atoms with Gasteiger partial charge in [-0.15, -0.1) is 0 Å². The molecule has 7 heteroatoms. The summed E-state index contributed by atoms with van der Waals surface area (Å²) in [5.74, 6) is -0.169. The third kappa shape index (κ3) is 3.12. The van der Waals surface area contributed by atoms with E-state index in [9.17, 15) is 9.59 Å². The minimum absolute atomic E-state index is 0.0483. The van der Waals surface area contributed by atoms with E-state index in [4.69, 9.17) is 0 Å². The molecule has 1 atom stereocenters. The summed E-state index contributed by atoms with van der Waals surface area (Å²) >= 11 is 3.50. The molecular weight excluding hydrogens is 336 g/mol. The molecule has 1 aromatic heterocycles. The highest BCUT2D eigenvalue weighted by Crippen LogP contribution is 2.26. The van der Waals surface area contributed by atoms with Gasteiger partial charge in [0.2, 0.25) is 11.8 Å². The van der Waals surface area contributed by atoms with Crippen LogP contribution in [-0.2, 0) is 23.2 Å². The molecule has 116 valence electrons. The van der Waals surface area contributed by atoms with Crippen LogP contribution in [0.25, 0.3) is 0 Å². The highest BCUT2D eigenvalue weighted by Gasteiger charge is 2.40. The first-order chi connectivity index (χ1) is 9.61. The number of aromatic nitrogens is 2. The Balaban J connectivity index is 2.27. The smallest absolute Gasteiger partial charge is 0.246 e. The van der Waals surface area contributed by atoms with Gasteiger partial charge in [-0.2, -0.15) is 5.10 Å². The first-order valence-electron chi connectivity index (χ1n) is 6.87. The van der Waals surface area contributed by atoms with Gasteiger partial charge in [-0.25, -0.2) is 0 Å². The van der Waals surface area contributed by atoms with Crippen molar-refractivity contribution < 1.29 is 9.59 Å². The largest absolute Gasteiger partial charge is 0.342 e. The van der Waals surface area contributed by atoms with E-state index in [-0.39, 0.29) is 23.8 Å². The number of hydrogen-bond acceptors (Lipinski definition) is 3. The van der Waals surface area contributed by atoms with Gasteiger partial charge < -0.3 is 10.2 Å². The van der Waals surface area contributed by atoms with Crippen LogP contribution in [0.2, 0.25) is 0 Å². The lowest BCUT2D eigenvalue weighted by atomic mass is 9.85. The SMILES string of the molecule is Cc1nn(C)c(CN2CC(=O)NC(C(C)(C)C)C2=O)c1Br. The molecule has 2 rings (SSSR count). The van der Waals surface area contributed by atoms with E-state index in [2.05, 4.69) is 26.3 Å². The predicted molar refractivity (Wildman–Crippen MR) is 82.4 cm³/mol. The molecule has 6 nitrogen and oxygen atoms in total. The second kappa shape index (κ2) is 5.44. The topological polar surface area (TPSA) is 67.2 Å². The zero-order valence-electron chi connectivity index (χ0n) is 13.0. The molecule has 2 amide bonds. The third-order valence-corrected chi connectivity index (χ3v) is 4.70. The summed E-state index contributed by atoms with van der Waals surface area (Å²) in [4.78, 5) is 26.1. The number of amides is 2. The summed E-state index contributed by atoms with van der Waals surface area (Å²) in [5, 5.41) is 7.11. The number of carbonyl (C=O) groups excluding carboxylic acids is 2. The van der Waals surface area contributed by atoms with Crippen molar-refractivity contribution >= 4 is 27.7 Å². The van der Waals surface area contributed by atoms with Gasteiger partial charge in [-0.05, 0) is 28.3 Å². The van der Waals surface area contributed by atoms with Gasteiger partial charge >= 0.3 is 0 Å². The zero-order chi connectivity index (χ0) is 15.9. The van der Waals surface area contributed by atoms with Gasteiger partial charge in [0, 0.05) is 7.05 Å². The average Bonchev–Trinajstić information content (AvgIpc) is 2.58. The number of hydrogen-bond donors (Lipinski definition) is 1. The van der Waals surface area contributed by atoms with Crippen LogP contribution >= 0.6 is 15.9 Å². The Labute approximate surface area is 133 Å². The average molecular weight is 357 g/mol. The van der Waals surface area contributed by atoms with Crippen molar-refractivity contribution in [3.63, 3.8) is 0 Å². The van der Waals surface area contributed by atoms with E-state index in [0.29, 0.717) is 6.54 Å². The van der Waals surface area contributed by atoms with Gasteiger partial charge in [0.25, 0.3) is 0 Å². The molecule has 1 unspecified atom stereocenters. The Morgan fingerprint density at radius 3 is 2.48 bits per heavy atom. The highest BCUT2D eigenvalue weighted by atomic mass is 79.9. The van der Waals surface area contributed by atoms with E-state index in [1.54, 1.807) is 9.58 Å². The van der Waals surface area contributed by atoms with Gasteiger partial charge in [0.1, 0.15) is 12.6 Å². The van der Waals surface area contributed by atoms with Crippen molar-refractivity contribution in [3.8, 4) is 0 Å². The molecule has 1 aliphatic rings. The van der Waals surface area contributed by atoms with Crippen LogP contribution in [0.15, 0.2) is 4.47 Å². The number of nitrogens with one attached hydrogen (secondary N) is 1. The Bertz CT molecular complexity index is 589. The molecule has 21 heavy (non-hydrogen) atoms. The van der Waals surface area contributed by atoms with Gasteiger partial charge in [0.05, 0.1) is 22.4 Å². The van der Waals surface area contributed by atoms with E-state index < -0.39 is 6.04 Å². The minimum atomic E-state index is -0.494. The molecule has 0 bridgehead atoms. The fraction of sp³-hybridized carbons (Fsp3) is 0.643. The molecule has 1 aliphatic heterocycles. The molecular formula is C14H21BrN4O2. The quantitative estimate of drug-likeness (QED) is 0.869. The molecule has 2 heterocycles. The van der Waals surface area contributed by atoms with Crippen LogP contribution in [0, 0.1) is 12.3 Å². The summed E-state index contributed by atoms with van der Waals surface area (Å²) in [6.07, 6.45) is 0. The van der Waals surface area contributed by atoms with Crippen LogP contribution in [0.3, 0.4) is 0 Å². The minimum Gasteiger partial charge on any atom is -0.342 e. The molecule has 0 aliphatic carbocycles. The van der Waals surface area contributed by atoms with Crippen LogP contribution in [0.5, 0.6) is 0 Å². The van der Waals surface area contributed by atoms with E-state index >= 15 is 0 Å². The number of piperazine rings is 1. The van der Waals surface area contributed by atoms with Crippen molar-refractivity contribution in [3.05, 3.63) is 15.9 Å². The third-order valence-electron chi connectivity index (χ3n) is 3.67. The number of aryl methyl sites for hydroxylation is 2. The van der Waals surface area contributed by atoms with Crippen molar-refractivity contribution in [2.75, 3.05) is 6.54 Å². The fourth-order valence-corrected chi connectivity index (χ4v) is 2.92. The summed E-state index contributed by atoms with van der Waals surface area (Å²) < 4.78 is 2.63. The van der Waals surface area contributed by atoms with E-state index in [0.717, 1.165) is 15.9 Å². The second-order valence-corrected chi connectivity index (χ2v) is 7.32. The van der Waals surface area contributed by atoms with Crippen LogP contribution in [-0.4, -0.2) is 39.1 Å². The van der Waals surface area contributed by atoms with Crippen molar-refractivity contribution in [1.29, 1.82) is 0 Å². The van der Waals surface area contributed by atoms with Gasteiger partial charge in [0.15, 0.2) is 0 Å². The Morgan fingerprint density at radius 2 is 2.00 bits per heavy atom. The standard InChI is InChI=1S/C14H21BrN4O2/c1-8-11(15)9(18(5)17-8)6-19-7-10(20)16-12(13(19)21)14(2,3)4/h12H,6-7H2,1-5H3,(H,16,20). The van der Waals surface area contributed by atoms with Crippen molar-refractivity contribution in [1.82, 2.24) is 20.0 Å². The lowest BCUT2D eigenvalue weighted by molar-refractivity contribution is -0.148. The van der Waals surface area contributed by atoms with E-state index in [1.807, 2.05) is 34.7 Å². The van der Waals surface area contributed by atoms with Crippen molar-refractivity contribution in [2.24, 2.45) is 12.5 Å². The maximum Gasteiger partial charge on any atom is 0.246 e. The molecule has 0 saturated carbocycles. The molecule has 0 radical (unpaired) electrons. The first kappa shape index (κ1) is 16.0. The first-order valence-corrected chi connectivity index (χ1v) is 7.66. The van der Waals surface area contributed by atoms with Gasteiger partial charge in [-0.1, -0.05) is 20.8 Å². The lowest BCUT2D eigenvalue weighted by Gasteiger charge is -2.38. The summed E-state index contributed by atoms with van der Waals surface area (Å²) in [6.45, 7) is 8.20. The molecule has 0 aromatic carbocycles. The Hall–Kier alpha value is -1.37. The number of rotatable bonds is 2. The number of halogens is 1. The van der Waals surface area contributed by atoms with Crippen molar-refractivity contribution in [2.45, 2.75) is 40.3 Å². The summed E-state index contributed by atoms with van der Waals surface area (Å²) in [7, 11) is 1.84. The summed E-state index contributed by atoms with van der Waals surface area (Å²) in [6, 6.07) is -0.494. The Kier molecular flexibility index (Phi) is 4.15. The molecule has 1 saturated heterocycles. The maximum absolute atomic E-state index is 12.6. The second-order valence-electron chi connectivity index (χ2n) is 6.53. The van der Waals surface area contributed by atoms with Crippen LogP contribution in [0.4, 0.5) is 0 Å². The molecule has 0 spiro atoms. The van der Waals surface area contributed by atoms with Crippen LogP contribution in [0.1, 0.15) is 32.2 Å². The Morgan fingerprint density at radius 1 is 1.38 bits per heavy atom. The van der Waals surface area contributed by atoms with Gasteiger partial charge in [-0.3, -0.25) is 14.3 Å². The monoisotopic (exact) mass is 356 g/mol. The molecule has 1 aromatic rings. The lowest BCUT2D eigenvalue weighted by Crippen LogP contribution is -2.61. The maximum atomic E-state index is 12.6. The fourth-order valence-electron chi connectivity index (χ4n) is 2.46. The molecule has 1 fully saturated rings. The molecule has 1 N–H and O–H groups in total. The normalized spacial score (nSPS) is 19.9. The zero-order valence-corrected chi connectivity index (χ0v) is 14.6. The predicted octanol–water partition coefficient (Wildman–Crippen LogP) is 1.36. The number of nitrogens with zero attached hydrogens (tertiary/aromatic N) is 3.